The molecule has 1 aromatic rings. The van der Waals surface area contributed by atoms with Crippen LogP contribution in [0.5, 0.6) is 5.75 Å². The van der Waals surface area contributed by atoms with Gasteiger partial charge in [-0.2, -0.15) is 0 Å². The lowest BCUT2D eigenvalue weighted by atomic mass is 10.1. The Balaban J connectivity index is 1.86. The first kappa shape index (κ1) is 27.1. The molecular weight excluding hydrogens is 395 g/mol. The van der Waals surface area contributed by atoms with Gasteiger partial charge >= 0.3 is 11.9 Å². The number of unbranched alkanes of at least 4 members (excludes halogenated alkanes) is 12. The van der Waals surface area contributed by atoms with Gasteiger partial charge < -0.3 is 9.47 Å². The minimum Gasteiger partial charge on any atom is -0.466 e. The van der Waals surface area contributed by atoms with Crippen LogP contribution in [0.3, 0.4) is 0 Å². The van der Waals surface area contributed by atoms with Crippen molar-refractivity contribution in [1.29, 1.82) is 0 Å². The number of hydrogen-bond acceptors (Lipinski definition) is 4. The average Bonchev–Trinajstić information content (AvgIpc) is 2.76. The molecule has 0 amide bonds. The summed E-state index contributed by atoms with van der Waals surface area (Å²) in [5.41, 5.74) is 0. The number of benzene rings is 1. The molecule has 4 nitrogen and oxygen atoms in total. The zero-order chi connectivity index (χ0) is 22.6. The van der Waals surface area contributed by atoms with Crippen molar-refractivity contribution in [3.8, 4) is 5.75 Å². The van der Waals surface area contributed by atoms with E-state index in [1.54, 1.807) is 6.07 Å². The zero-order valence-corrected chi connectivity index (χ0v) is 19.3. The van der Waals surface area contributed by atoms with Crippen LogP contribution in [0.15, 0.2) is 24.3 Å². The number of esters is 2. The zero-order valence-electron chi connectivity index (χ0n) is 19.3. The van der Waals surface area contributed by atoms with Crippen LogP contribution in [0.4, 0.5) is 4.39 Å². The predicted molar refractivity (Wildman–Crippen MR) is 123 cm³/mol. The average molecular weight is 437 g/mol. The molecule has 176 valence electrons. The van der Waals surface area contributed by atoms with Crippen LogP contribution in [-0.2, 0) is 14.3 Å². The van der Waals surface area contributed by atoms with E-state index in [4.69, 9.17) is 9.47 Å². The lowest BCUT2D eigenvalue weighted by molar-refractivity contribution is -0.144. The number of carbonyl (C=O) groups is 2. The number of rotatable bonds is 19. The molecule has 0 saturated carbocycles. The second-order valence-electron chi connectivity index (χ2n) is 8.22. The van der Waals surface area contributed by atoms with E-state index >= 15 is 0 Å². The molecule has 0 saturated heterocycles. The highest BCUT2D eigenvalue weighted by molar-refractivity contribution is 5.72. The molecule has 0 heterocycles. The monoisotopic (exact) mass is 436 g/mol. The molecule has 0 aromatic heterocycles. The molecule has 0 bridgehead atoms. The van der Waals surface area contributed by atoms with Crippen molar-refractivity contribution >= 4 is 11.9 Å². The fourth-order valence-electron chi connectivity index (χ4n) is 3.44. The van der Waals surface area contributed by atoms with Gasteiger partial charge in [0.2, 0.25) is 0 Å². The van der Waals surface area contributed by atoms with Crippen molar-refractivity contribution in [2.24, 2.45) is 0 Å². The molecular formula is C26H41FO4. The van der Waals surface area contributed by atoms with Crippen LogP contribution in [0.25, 0.3) is 0 Å². The summed E-state index contributed by atoms with van der Waals surface area (Å²) in [6.07, 6.45) is 16.9. The van der Waals surface area contributed by atoms with E-state index in [-0.39, 0.29) is 18.1 Å². The molecule has 0 spiro atoms. The second kappa shape index (κ2) is 18.8. The molecule has 0 aliphatic rings. The van der Waals surface area contributed by atoms with Crippen LogP contribution in [-0.4, -0.2) is 18.5 Å². The van der Waals surface area contributed by atoms with Gasteiger partial charge in [0, 0.05) is 12.8 Å². The van der Waals surface area contributed by atoms with Crippen LogP contribution in [0.1, 0.15) is 110 Å². The van der Waals surface area contributed by atoms with Crippen molar-refractivity contribution in [3.05, 3.63) is 30.1 Å². The SMILES string of the molecule is CCCCCCCCCCCCCCOC(=O)CCCCC(=O)Oc1ccccc1F. The number of para-hydroxylation sites is 1. The highest BCUT2D eigenvalue weighted by Crippen LogP contribution is 2.16. The van der Waals surface area contributed by atoms with E-state index in [9.17, 15) is 14.0 Å². The Hall–Kier alpha value is -1.91. The quantitative estimate of drug-likeness (QED) is 0.128. The van der Waals surface area contributed by atoms with Gasteiger partial charge in [-0.05, 0) is 31.4 Å². The first-order valence-electron chi connectivity index (χ1n) is 12.2. The molecule has 0 fully saturated rings. The van der Waals surface area contributed by atoms with Gasteiger partial charge in [-0.25, -0.2) is 4.39 Å². The van der Waals surface area contributed by atoms with Gasteiger partial charge in [-0.1, -0.05) is 89.7 Å². The molecule has 0 radical (unpaired) electrons. The third-order valence-corrected chi connectivity index (χ3v) is 5.33. The van der Waals surface area contributed by atoms with E-state index in [1.807, 2.05) is 0 Å². The van der Waals surface area contributed by atoms with Crippen LogP contribution < -0.4 is 4.74 Å². The lowest BCUT2D eigenvalue weighted by Gasteiger charge is -2.06. The van der Waals surface area contributed by atoms with E-state index in [0.717, 1.165) is 12.8 Å². The predicted octanol–water partition coefficient (Wildman–Crippen LogP) is 7.54. The molecule has 0 unspecified atom stereocenters. The summed E-state index contributed by atoms with van der Waals surface area (Å²) in [5.74, 6) is -1.33. The number of hydrogen-bond donors (Lipinski definition) is 0. The molecule has 0 N–H and O–H groups in total. The largest absolute Gasteiger partial charge is 0.466 e. The fourth-order valence-corrected chi connectivity index (χ4v) is 3.44. The van der Waals surface area contributed by atoms with Gasteiger partial charge in [-0.15, -0.1) is 0 Å². The van der Waals surface area contributed by atoms with Crippen LogP contribution in [0, 0.1) is 5.82 Å². The minimum absolute atomic E-state index is 0.0608. The van der Waals surface area contributed by atoms with Crippen LogP contribution >= 0.6 is 0 Å². The highest BCUT2D eigenvalue weighted by atomic mass is 19.1. The number of ether oxygens (including phenoxy) is 2. The smallest absolute Gasteiger partial charge is 0.311 e. The number of carbonyl (C=O) groups excluding carboxylic acids is 2. The molecule has 0 aliphatic carbocycles. The van der Waals surface area contributed by atoms with Gasteiger partial charge in [0.15, 0.2) is 11.6 Å². The summed E-state index contributed by atoms with van der Waals surface area (Å²) >= 11 is 0. The van der Waals surface area contributed by atoms with Crippen molar-refractivity contribution in [2.45, 2.75) is 110 Å². The van der Waals surface area contributed by atoms with Crippen LogP contribution in [0.2, 0.25) is 0 Å². The Morgan fingerprint density at radius 2 is 1.23 bits per heavy atom. The normalized spacial score (nSPS) is 10.8. The Morgan fingerprint density at radius 3 is 1.81 bits per heavy atom. The molecule has 31 heavy (non-hydrogen) atoms. The van der Waals surface area contributed by atoms with Gasteiger partial charge in [0.25, 0.3) is 0 Å². The van der Waals surface area contributed by atoms with Crippen molar-refractivity contribution < 1.29 is 23.5 Å². The Morgan fingerprint density at radius 1 is 0.710 bits per heavy atom. The summed E-state index contributed by atoms with van der Waals surface area (Å²) in [6.45, 7) is 2.73. The maximum absolute atomic E-state index is 13.4. The highest BCUT2D eigenvalue weighted by Gasteiger charge is 2.09. The molecule has 5 heteroatoms. The summed E-state index contributed by atoms with van der Waals surface area (Å²) < 4.78 is 23.6. The van der Waals surface area contributed by atoms with Gasteiger partial charge in [0.05, 0.1) is 6.61 Å². The van der Waals surface area contributed by atoms with E-state index in [0.29, 0.717) is 25.9 Å². The maximum Gasteiger partial charge on any atom is 0.311 e. The first-order chi connectivity index (χ1) is 15.1. The van der Waals surface area contributed by atoms with Gasteiger partial charge in [0.1, 0.15) is 0 Å². The third-order valence-electron chi connectivity index (χ3n) is 5.33. The molecule has 0 aliphatic heterocycles. The summed E-state index contributed by atoms with van der Waals surface area (Å²) in [7, 11) is 0. The maximum atomic E-state index is 13.4. The summed E-state index contributed by atoms with van der Waals surface area (Å²) in [6, 6.07) is 5.81. The summed E-state index contributed by atoms with van der Waals surface area (Å²) in [4.78, 5) is 23.4. The van der Waals surface area contributed by atoms with E-state index in [2.05, 4.69) is 6.92 Å². The van der Waals surface area contributed by atoms with E-state index in [1.165, 1.54) is 82.4 Å². The third kappa shape index (κ3) is 15.5. The summed E-state index contributed by atoms with van der Waals surface area (Å²) in [5, 5.41) is 0. The lowest BCUT2D eigenvalue weighted by Crippen LogP contribution is -2.10. The Kier molecular flexibility index (Phi) is 16.5. The topological polar surface area (TPSA) is 52.6 Å². The Bertz CT molecular complexity index is 603. The Labute approximate surface area is 187 Å². The molecule has 1 rings (SSSR count). The molecule has 1 aromatic carbocycles. The minimum atomic E-state index is -0.558. The van der Waals surface area contributed by atoms with Crippen molar-refractivity contribution in [1.82, 2.24) is 0 Å². The standard InChI is InChI=1S/C26H41FO4/c1-2-3-4-5-6-7-8-9-10-11-12-17-22-30-25(28)20-15-16-21-26(29)31-24-19-14-13-18-23(24)27/h13-14,18-19H,2-12,15-17,20-22H2,1H3. The first-order valence-corrected chi connectivity index (χ1v) is 12.2. The van der Waals surface area contributed by atoms with Gasteiger partial charge in [-0.3, -0.25) is 9.59 Å². The van der Waals surface area contributed by atoms with Crippen molar-refractivity contribution in [3.63, 3.8) is 0 Å². The van der Waals surface area contributed by atoms with E-state index < -0.39 is 11.8 Å². The van der Waals surface area contributed by atoms with Crippen molar-refractivity contribution in [2.75, 3.05) is 6.61 Å². The second-order valence-corrected chi connectivity index (χ2v) is 8.22. The fraction of sp³-hybridized carbons (Fsp3) is 0.692. The number of halogens is 1. The molecule has 0 atom stereocenters.